The molecule has 0 saturated heterocycles. The van der Waals surface area contributed by atoms with Gasteiger partial charge in [0.05, 0.1) is 109 Å². The summed E-state index contributed by atoms with van der Waals surface area (Å²) in [4.78, 5) is 0. The maximum absolute atomic E-state index is 2.57. The molecule has 212 valence electrons. The minimum atomic E-state index is 0.832. The number of hydrogen-bond donors (Lipinski definition) is 0. The van der Waals surface area contributed by atoms with E-state index in [2.05, 4.69) is 77.2 Å². The van der Waals surface area contributed by atoms with Crippen LogP contribution in [-0.4, -0.2) is 127 Å². The zero-order chi connectivity index (χ0) is 27.0. The van der Waals surface area contributed by atoms with Gasteiger partial charge in [-0.25, -0.2) is 0 Å². The van der Waals surface area contributed by atoms with Gasteiger partial charge in [0.2, 0.25) is 0 Å². The molecule has 0 bridgehead atoms. The summed E-state index contributed by atoms with van der Waals surface area (Å²) in [5.41, 5.74) is 0. The van der Waals surface area contributed by atoms with Crippen LogP contribution in [0.25, 0.3) is 0 Å². The lowest BCUT2D eigenvalue weighted by Crippen LogP contribution is -2.50. The topological polar surface area (TPSA) is 0 Å². The van der Waals surface area contributed by atoms with Crippen molar-refractivity contribution in [2.75, 3.05) is 109 Å². The van der Waals surface area contributed by atoms with Gasteiger partial charge < -0.3 is 17.9 Å². The van der Waals surface area contributed by atoms with Gasteiger partial charge in [-0.2, -0.15) is 0 Å². The summed E-state index contributed by atoms with van der Waals surface area (Å²) in [6.45, 7) is 18.0. The van der Waals surface area contributed by atoms with E-state index in [1.54, 1.807) is 0 Å². The molecule has 0 heterocycles. The number of quaternary nitrogens is 4. The number of hydrogen-bond acceptors (Lipinski definition) is 0. The van der Waals surface area contributed by atoms with Gasteiger partial charge in [-0.05, 0) is 63.7 Å². The van der Waals surface area contributed by atoms with Crippen LogP contribution in [0.3, 0.4) is 0 Å². The van der Waals surface area contributed by atoms with Crippen LogP contribution in [0.15, 0.2) is 0 Å². The molecule has 2 atom stereocenters. The smallest absolute Gasteiger partial charge is 0.0838 e. The van der Waals surface area contributed by atoms with E-state index >= 15 is 0 Å². The monoisotopic (exact) mass is 501 g/mol. The molecule has 0 amide bonds. The third-order valence-corrected chi connectivity index (χ3v) is 7.98. The van der Waals surface area contributed by atoms with Gasteiger partial charge >= 0.3 is 0 Å². The van der Waals surface area contributed by atoms with E-state index in [9.17, 15) is 0 Å². The number of rotatable bonds is 23. The first-order chi connectivity index (χ1) is 16.1. The van der Waals surface area contributed by atoms with Gasteiger partial charge in [-0.1, -0.05) is 27.2 Å². The van der Waals surface area contributed by atoms with Crippen molar-refractivity contribution in [3.63, 3.8) is 0 Å². The van der Waals surface area contributed by atoms with E-state index in [0.29, 0.717) is 0 Å². The minimum absolute atomic E-state index is 0.832. The van der Waals surface area contributed by atoms with Crippen LogP contribution in [0, 0.1) is 5.92 Å². The summed E-state index contributed by atoms with van der Waals surface area (Å²) < 4.78 is 4.80. The fourth-order valence-corrected chi connectivity index (χ4v) is 5.44. The fraction of sp³-hybridized carbons (Fsp3) is 1.00. The molecule has 0 spiro atoms. The third-order valence-electron chi connectivity index (χ3n) is 7.98. The molecular formula is C31H72N4+4. The van der Waals surface area contributed by atoms with Crippen molar-refractivity contribution in [1.29, 1.82) is 0 Å². The average Bonchev–Trinajstić information content (AvgIpc) is 2.70. The predicted octanol–water partition coefficient (Wildman–Crippen LogP) is 6.26. The van der Waals surface area contributed by atoms with Gasteiger partial charge in [-0.3, -0.25) is 0 Å². The Morgan fingerprint density at radius 3 is 1.11 bits per heavy atom. The zero-order valence-electron chi connectivity index (χ0n) is 26.8. The second-order valence-electron chi connectivity index (χ2n) is 15.0. The van der Waals surface area contributed by atoms with Crippen molar-refractivity contribution in [2.45, 2.75) is 91.4 Å². The van der Waals surface area contributed by atoms with Crippen LogP contribution in [0.1, 0.15) is 91.4 Å². The number of unbranched alkanes of at least 4 members (excludes halogenated alkanes) is 5. The quantitative estimate of drug-likeness (QED) is 0.115. The molecule has 0 aliphatic rings. The molecule has 0 aromatic rings. The first kappa shape index (κ1) is 34.8. The van der Waals surface area contributed by atoms with Crippen molar-refractivity contribution in [2.24, 2.45) is 5.92 Å². The first-order valence-electron chi connectivity index (χ1n) is 15.4. The van der Waals surface area contributed by atoms with Gasteiger partial charge in [0.25, 0.3) is 0 Å². The first-order valence-corrected chi connectivity index (χ1v) is 15.4. The summed E-state index contributed by atoms with van der Waals surface area (Å²) in [7, 11) is 19.1. The molecule has 4 heteroatoms. The highest BCUT2D eigenvalue weighted by Gasteiger charge is 2.25. The molecule has 0 aromatic heterocycles. The van der Waals surface area contributed by atoms with Crippen LogP contribution < -0.4 is 0 Å². The lowest BCUT2D eigenvalue weighted by Gasteiger charge is -2.38. The van der Waals surface area contributed by atoms with Crippen LogP contribution in [0.4, 0.5) is 0 Å². The molecule has 0 radical (unpaired) electrons. The standard InChI is InChI=1S/C31H72N4/c1-12-13-25-34(10,26-18-14-16-23-32(4,5)6)29-21-30-35(11,28-20-22-31(2)3)27-19-15-17-24-33(7,8)9/h31H,12-30H2,1-11H3/q+4. The highest BCUT2D eigenvalue weighted by atomic mass is 15.4. The van der Waals surface area contributed by atoms with Crippen LogP contribution in [0.5, 0.6) is 0 Å². The molecule has 4 nitrogen and oxygen atoms in total. The van der Waals surface area contributed by atoms with Gasteiger partial charge in [0.15, 0.2) is 0 Å². The van der Waals surface area contributed by atoms with Crippen molar-refractivity contribution >= 4 is 0 Å². The number of nitrogens with zero attached hydrogens (tertiary/aromatic N) is 4. The Labute approximate surface area is 224 Å². The third kappa shape index (κ3) is 21.6. The van der Waals surface area contributed by atoms with Gasteiger partial charge in [-0.15, -0.1) is 0 Å². The van der Waals surface area contributed by atoms with Crippen LogP contribution in [0.2, 0.25) is 0 Å². The van der Waals surface area contributed by atoms with Crippen molar-refractivity contribution in [1.82, 2.24) is 0 Å². The minimum Gasteiger partial charge on any atom is -0.331 e. The SMILES string of the molecule is CCCC[N+](C)(CCCCC[N+](C)(C)C)CCC[N+](C)(CCCCC[N+](C)(C)C)CCCC(C)C. The Morgan fingerprint density at radius 2 is 0.743 bits per heavy atom. The van der Waals surface area contributed by atoms with Crippen LogP contribution >= 0.6 is 0 Å². The molecule has 0 aliphatic heterocycles. The highest BCUT2D eigenvalue weighted by molar-refractivity contribution is 4.52. The van der Waals surface area contributed by atoms with E-state index < -0.39 is 0 Å². The molecule has 0 fully saturated rings. The van der Waals surface area contributed by atoms with E-state index in [1.165, 1.54) is 132 Å². The van der Waals surface area contributed by atoms with Crippen molar-refractivity contribution < 1.29 is 17.9 Å². The molecule has 2 unspecified atom stereocenters. The second kappa shape index (κ2) is 17.4. The molecule has 35 heavy (non-hydrogen) atoms. The van der Waals surface area contributed by atoms with Crippen molar-refractivity contribution in [3.8, 4) is 0 Å². The summed E-state index contributed by atoms with van der Waals surface area (Å²) in [6, 6.07) is 0. The predicted molar refractivity (Wildman–Crippen MR) is 159 cm³/mol. The Balaban J connectivity index is 4.77. The Hall–Kier alpha value is -0.160. The van der Waals surface area contributed by atoms with Crippen LogP contribution in [-0.2, 0) is 0 Å². The Morgan fingerprint density at radius 1 is 0.400 bits per heavy atom. The van der Waals surface area contributed by atoms with Crippen molar-refractivity contribution in [3.05, 3.63) is 0 Å². The Bertz CT molecular complexity index is 505. The Kier molecular flexibility index (Phi) is 17.3. The summed E-state index contributed by atoms with van der Waals surface area (Å²) in [5, 5.41) is 0. The lowest BCUT2D eigenvalue weighted by molar-refractivity contribution is -0.928. The van der Waals surface area contributed by atoms with E-state index in [-0.39, 0.29) is 0 Å². The van der Waals surface area contributed by atoms with E-state index in [4.69, 9.17) is 0 Å². The summed E-state index contributed by atoms with van der Waals surface area (Å²) >= 11 is 0. The second-order valence-corrected chi connectivity index (χ2v) is 15.0. The lowest BCUT2D eigenvalue weighted by atomic mass is 10.1. The maximum atomic E-state index is 2.57. The van der Waals surface area contributed by atoms with E-state index in [0.717, 1.165) is 14.9 Å². The largest absolute Gasteiger partial charge is 0.331 e. The van der Waals surface area contributed by atoms with Gasteiger partial charge in [0.1, 0.15) is 0 Å². The highest BCUT2D eigenvalue weighted by Crippen LogP contribution is 2.17. The summed E-state index contributed by atoms with van der Waals surface area (Å²) in [5.74, 6) is 0.832. The summed E-state index contributed by atoms with van der Waals surface area (Å²) in [6.07, 6.45) is 15.2. The molecule has 0 N–H and O–H groups in total. The van der Waals surface area contributed by atoms with E-state index in [1.807, 2.05) is 0 Å². The normalized spacial score (nSPS) is 16.5. The fourth-order valence-electron chi connectivity index (χ4n) is 5.44. The average molecular weight is 501 g/mol. The van der Waals surface area contributed by atoms with Gasteiger partial charge in [0, 0.05) is 6.42 Å². The molecule has 0 rings (SSSR count). The zero-order valence-corrected chi connectivity index (χ0v) is 26.8. The molecule has 0 aliphatic carbocycles. The molecular weight excluding hydrogens is 428 g/mol. The molecule has 0 aromatic carbocycles. The maximum Gasteiger partial charge on any atom is 0.0838 e. The molecule has 0 saturated carbocycles.